The van der Waals surface area contributed by atoms with Crippen LogP contribution >= 0.6 is 0 Å². The molecular weight excluding hydrogens is 440 g/mol. The molecule has 4 rings (SSSR count). The van der Waals surface area contributed by atoms with Gasteiger partial charge in [0.05, 0.1) is 23.1 Å². The van der Waals surface area contributed by atoms with Crippen LogP contribution < -0.4 is 16.6 Å². The number of anilines is 2. The molecule has 35 heavy (non-hydrogen) atoms. The number of aromatic nitrogens is 2. The number of carbonyl (C=O) groups is 2. The summed E-state index contributed by atoms with van der Waals surface area (Å²) in [5.74, 6) is -0.649. The Morgan fingerprint density at radius 2 is 1.80 bits per heavy atom. The number of nitrogens with one attached hydrogen (secondary N) is 2. The van der Waals surface area contributed by atoms with Crippen LogP contribution in [0.1, 0.15) is 35.3 Å². The number of fused-ring (bicyclic) bond motifs is 1. The highest BCUT2D eigenvalue weighted by Crippen LogP contribution is 2.31. The number of nitrogens with two attached hydrogens (primary N) is 1. The lowest BCUT2D eigenvalue weighted by atomic mass is 9.96. The van der Waals surface area contributed by atoms with Gasteiger partial charge in [-0.05, 0) is 55.3 Å². The molecule has 0 aliphatic rings. The zero-order valence-corrected chi connectivity index (χ0v) is 19.3. The lowest BCUT2D eigenvalue weighted by Gasteiger charge is -2.15. The van der Waals surface area contributed by atoms with E-state index in [0.29, 0.717) is 39.1 Å². The number of rotatable bonds is 7. The van der Waals surface area contributed by atoms with Gasteiger partial charge in [0.25, 0.3) is 5.56 Å². The third kappa shape index (κ3) is 5.09. The summed E-state index contributed by atoms with van der Waals surface area (Å²) >= 11 is 0. The Labute approximate surface area is 202 Å². The Morgan fingerprint density at radius 1 is 1.03 bits per heavy atom. The largest absolute Gasteiger partial charge is 0.402 e. The molecule has 0 amide bonds. The minimum atomic E-state index is -0.531. The van der Waals surface area contributed by atoms with E-state index < -0.39 is 11.3 Å². The van der Waals surface area contributed by atoms with Gasteiger partial charge in [0, 0.05) is 22.9 Å². The first kappa shape index (κ1) is 23.4. The normalized spacial score (nSPS) is 11.9. The molecule has 2 aromatic carbocycles. The third-order valence-electron chi connectivity index (χ3n) is 5.45. The molecule has 174 valence electrons. The second-order valence-corrected chi connectivity index (χ2v) is 8.05. The first-order valence-electron chi connectivity index (χ1n) is 11.0. The molecule has 0 radical (unpaired) electrons. The lowest BCUT2D eigenvalue weighted by molar-refractivity contribution is -0.111. The standard InChI is InChI=1S/C28H24N4O3/c1-17(29)25(18(2)33)20-11-12-23-22(15-20)27(31-21-9-6-14-30-16-21)26(28(35)32-23)24(34)13-10-19-7-4-3-5-8-19/h3-16H,29H2,1-2H3,(H2,31,32,35)/b13-10+,25-17?. The second kappa shape index (κ2) is 10.0. The number of ketones is 2. The van der Waals surface area contributed by atoms with Gasteiger partial charge in [-0.3, -0.25) is 19.4 Å². The molecule has 0 atom stereocenters. The Hall–Kier alpha value is -4.78. The van der Waals surface area contributed by atoms with E-state index in [1.54, 1.807) is 55.7 Å². The van der Waals surface area contributed by atoms with Crippen LogP contribution in [0.15, 0.2) is 89.6 Å². The summed E-state index contributed by atoms with van der Waals surface area (Å²) < 4.78 is 0. The number of nitrogens with zero attached hydrogens (tertiary/aromatic N) is 1. The molecule has 4 aromatic rings. The van der Waals surface area contributed by atoms with Crippen molar-refractivity contribution in [2.45, 2.75) is 13.8 Å². The van der Waals surface area contributed by atoms with E-state index in [2.05, 4.69) is 15.3 Å². The van der Waals surface area contributed by atoms with Crippen molar-refractivity contribution in [2.24, 2.45) is 5.73 Å². The van der Waals surface area contributed by atoms with Crippen molar-refractivity contribution < 1.29 is 9.59 Å². The first-order chi connectivity index (χ1) is 16.8. The number of carbonyl (C=O) groups excluding carboxylic acids is 2. The Kier molecular flexibility index (Phi) is 6.69. The van der Waals surface area contributed by atoms with Crippen molar-refractivity contribution in [1.29, 1.82) is 0 Å². The fourth-order valence-corrected chi connectivity index (χ4v) is 3.92. The lowest BCUT2D eigenvalue weighted by Crippen LogP contribution is -2.19. The molecule has 0 bridgehead atoms. The van der Waals surface area contributed by atoms with Crippen LogP contribution in [0.4, 0.5) is 11.4 Å². The highest BCUT2D eigenvalue weighted by atomic mass is 16.1. The highest BCUT2D eigenvalue weighted by molar-refractivity contribution is 6.21. The summed E-state index contributed by atoms with van der Waals surface area (Å²) in [5.41, 5.74) is 9.00. The van der Waals surface area contributed by atoms with Crippen LogP contribution in [-0.2, 0) is 4.79 Å². The summed E-state index contributed by atoms with van der Waals surface area (Å²) in [6.45, 7) is 3.10. The quantitative estimate of drug-likeness (QED) is 0.266. The maximum atomic E-state index is 13.3. The second-order valence-electron chi connectivity index (χ2n) is 8.05. The zero-order valence-electron chi connectivity index (χ0n) is 19.3. The highest BCUT2D eigenvalue weighted by Gasteiger charge is 2.20. The van der Waals surface area contributed by atoms with Crippen molar-refractivity contribution in [2.75, 3.05) is 5.32 Å². The number of aromatic amines is 1. The van der Waals surface area contributed by atoms with Crippen LogP contribution in [0.25, 0.3) is 22.6 Å². The number of benzene rings is 2. The van der Waals surface area contributed by atoms with Crippen LogP contribution in [0.5, 0.6) is 0 Å². The summed E-state index contributed by atoms with van der Waals surface area (Å²) in [6.07, 6.45) is 6.25. The molecule has 0 unspecified atom stereocenters. The zero-order chi connectivity index (χ0) is 24.9. The number of Topliss-reactive ketones (excluding diaryl/α,β-unsaturated/α-hetero) is 1. The molecule has 0 saturated carbocycles. The minimum absolute atomic E-state index is 0.0523. The monoisotopic (exact) mass is 464 g/mol. The van der Waals surface area contributed by atoms with E-state index in [0.717, 1.165) is 5.56 Å². The SMILES string of the molecule is CC(=O)C(=C(C)N)c1ccc2[nH]c(=O)c(C(=O)/C=C/c3ccccc3)c(Nc3cccnc3)c2c1. The van der Waals surface area contributed by atoms with E-state index in [-0.39, 0.29) is 11.3 Å². The fraction of sp³-hybridized carbons (Fsp3) is 0.0714. The fourth-order valence-electron chi connectivity index (χ4n) is 3.92. The topological polar surface area (TPSA) is 118 Å². The van der Waals surface area contributed by atoms with Crippen molar-refractivity contribution in [3.05, 3.63) is 112 Å². The smallest absolute Gasteiger partial charge is 0.261 e. The molecule has 0 aliphatic heterocycles. The van der Waals surface area contributed by atoms with Gasteiger partial charge in [0.15, 0.2) is 11.6 Å². The van der Waals surface area contributed by atoms with E-state index in [1.165, 1.54) is 13.0 Å². The van der Waals surface area contributed by atoms with Crippen molar-refractivity contribution in [3.63, 3.8) is 0 Å². The number of hydrogen-bond donors (Lipinski definition) is 3. The van der Waals surface area contributed by atoms with Gasteiger partial charge >= 0.3 is 0 Å². The van der Waals surface area contributed by atoms with Gasteiger partial charge in [-0.15, -0.1) is 0 Å². The molecule has 0 spiro atoms. The number of allylic oxidation sites excluding steroid dienone is 3. The molecule has 7 nitrogen and oxygen atoms in total. The summed E-state index contributed by atoms with van der Waals surface area (Å²) in [5, 5.41) is 3.75. The Morgan fingerprint density at radius 3 is 2.46 bits per heavy atom. The molecule has 2 heterocycles. The van der Waals surface area contributed by atoms with Crippen LogP contribution in [0.3, 0.4) is 0 Å². The van der Waals surface area contributed by atoms with Gasteiger partial charge in [-0.25, -0.2) is 0 Å². The van der Waals surface area contributed by atoms with E-state index >= 15 is 0 Å². The Balaban J connectivity index is 1.94. The third-order valence-corrected chi connectivity index (χ3v) is 5.45. The molecular formula is C28H24N4O3. The predicted octanol–water partition coefficient (Wildman–Crippen LogP) is 4.84. The maximum absolute atomic E-state index is 13.3. The average molecular weight is 465 g/mol. The molecule has 0 fully saturated rings. The van der Waals surface area contributed by atoms with Crippen LogP contribution in [0.2, 0.25) is 0 Å². The molecule has 7 heteroatoms. The van der Waals surface area contributed by atoms with Crippen molar-refractivity contribution in [1.82, 2.24) is 9.97 Å². The maximum Gasteiger partial charge on any atom is 0.261 e. The minimum Gasteiger partial charge on any atom is -0.402 e. The Bertz CT molecular complexity index is 1530. The van der Waals surface area contributed by atoms with E-state index in [4.69, 9.17) is 5.73 Å². The van der Waals surface area contributed by atoms with E-state index in [9.17, 15) is 14.4 Å². The molecule has 2 aromatic heterocycles. The summed E-state index contributed by atoms with van der Waals surface area (Å²) in [7, 11) is 0. The average Bonchev–Trinajstić information content (AvgIpc) is 2.84. The first-order valence-corrected chi connectivity index (χ1v) is 11.0. The van der Waals surface area contributed by atoms with Crippen LogP contribution in [-0.4, -0.2) is 21.5 Å². The number of pyridine rings is 2. The van der Waals surface area contributed by atoms with Crippen molar-refractivity contribution >= 4 is 45.5 Å². The molecule has 4 N–H and O–H groups in total. The molecule has 0 aliphatic carbocycles. The summed E-state index contributed by atoms with van der Waals surface area (Å²) in [4.78, 5) is 45.5. The predicted molar refractivity (Wildman–Crippen MR) is 139 cm³/mol. The van der Waals surface area contributed by atoms with Gasteiger partial charge in [-0.2, -0.15) is 0 Å². The number of hydrogen-bond acceptors (Lipinski definition) is 6. The van der Waals surface area contributed by atoms with Gasteiger partial charge in [0.2, 0.25) is 0 Å². The number of H-pyrrole nitrogens is 1. The van der Waals surface area contributed by atoms with Crippen LogP contribution in [0, 0.1) is 0 Å². The van der Waals surface area contributed by atoms with Gasteiger partial charge in [-0.1, -0.05) is 42.5 Å². The summed E-state index contributed by atoms with van der Waals surface area (Å²) in [6, 6.07) is 18.0. The molecule has 0 saturated heterocycles. The van der Waals surface area contributed by atoms with Gasteiger partial charge in [0.1, 0.15) is 5.56 Å². The van der Waals surface area contributed by atoms with Crippen molar-refractivity contribution in [3.8, 4) is 0 Å². The van der Waals surface area contributed by atoms with Gasteiger partial charge < -0.3 is 16.0 Å². The van der Waals surface area contributed by atoms with E-state index in [1.807, 2.05) is 30.3 Å².